The molecule has 2 rings (SSSR count). The predicted molar refractivity (Wildman–Crippen MR) is 68.5 cm³/mol. The second kappa shape index (κ2) is 5.40. The average Bonchev–Trinajstić information content (AvgIpc) is 2.45. The summed E-state index contributed by atoms with van der Waals surface area (Å²) in [5.41, 5.74) is 0.577. The zero-order valence-electron chi connectivity index (χ0n) is 10.9. The van der Waals surface area contributed by atoms with E-state index in [-0.39, 0.29) is 5.82 Å². The zero-order valence-corrected chi connectivity index (χ0v) is 10.9. The van der Waals surface area contributed by atoms with Crippen LogP contribution in [0.25, 0.3) is 10.9 Å². The van der Waals surface area contributed by atoms with Crippen molar-refractivity contribution in [1.82, 2.24) is 9.97 Å². The first-order valence-corrected chi connectivity index (χ1v) is 5.70. The number of benzene rings is 1. The van der Waals surface area contributed by atoms with Crippen molar-refractivity contribution in [3.8, 4) is 23.4 Å². The molecule has 1 heterocycles. The van der Waals surface area contributed by atoms with Gasteiger partial charge in [0.15, 0.2) is 11.5 Å². The van der Waals surface area contributed by atoms with Gasteiger partial charge in [0.2, 0.25) is 11.7 Å². The normalized spacial score (nSPS) is 10.0. The van der Waals surface area contributed by atoms with Crippen molar-refractivity contribution in [2.24, 2.45) is 0 Å². The lowest BCUT2D eigenvalue weighted by Gasteiger charge is -2.11. The number of ether oxygens (including phenoxy) is 3. The van der Waals surface area contributed by atoms with E-state index in [1.54, 1.807) is 26.4 Å². The van der Waals surface area contributed by atoms with Crippen molar-refractivity contribution >= 4 is 10.9 Å². The molecule has 0 bridgehead atoms. The molecule has 98 valence electrons. The Hall–Kier alpha value is -2.55. The van der Waals surface area contributed by atoms with Crippen LogP contribution < -0.4 is 14.2 Å². The quantitative estimate of drug-likeness (QED) is 0.834. The first-order valence-electron chi connectivity index (χ1n) is 5.70. The topological polar surface area (TPSA) is 77.3 Å². The summed E-state index contributed by atoms with van der Waals surface area (Å²) >= 11 is 0. The van der Waals surface area contributed by atoms with E-state index in [1.165, 1.54) is 0 Å². The summed E-state index contributed by atoms with van der Waals surface area (Å²) in [5.74, 6) is 1.53. The maximum absolute atomic E-state index is 8.93. The lowest BCUT2D eigenvalue weighted by Crippen LogP contribution is -2.00. The second-order valence-corrected chi connectivity index (χ2v) is 3.62. The van der Waals surface area contributed by atoms with Crippen LogP contribution in [0, 0.1) is 11.3 Å². The van der Waals surface area contributed by atoms with Gasteiger partial charge in [-0.1, -0.05) is 0 Å². The van der Waals surface area contributed by atoms with Crippen LogP contribution in [-0.2, 0) is 0 Å². The molecule has 0 amide bonds. The molecule has 0 radical (unpaired) electrons. The summed E-state index contributed by atoms with van der Waals surface area (Å²) in [6, 6.07) is 5.34. The Bertz CT molecular complexity index is 650. The van der Waals surface area contributed by atoms with Crippen molar-refractivity contribution in [3.05, 3.63) is 18.0 Å². The number of fused-ring (bicyclic) bond motifs is 1. The van der Waals surface area contributed by atoms with E-state index in [9.17, 15) is 0 Å². The van der Waals surface area contributed by atoms with Gasteiger partial charge in [-0.15, -0.1) is 0 Å². The van der Waals surface area contributed by atoms with E-state index in [0.717, 1.165) is 0 Å². The van der Waals surface area contributed by atoms with E-state index < -0.39 is 0 Å². The highest BCUT2D eigenvalue weighted by molar-refractivity contribution is 5.87. The first-order chi connectivity index (χ1) is 9.23. The monoisotopic (exact) mass is 259 g/mol. The first kappa shape index (κ1) is 12.9. The SMILES string of the molecule is CCOc1nc(C#N)nc2cc(OC)c(OC)cc12. The summed E-state index contributed by atoms with van der Waals surface area (Å²) < 4.78 is 15.9. The number of hydrogen-bond acceptors (Lipinski definition) is 6. The summed E-state index contributed by atoms with van der Waals surface area (Å²) in [6.07, 6.45) is 0. The number of nitrogens with zero attached hydrogens (tertiary/aromatic N) is 3. The third-order valence-electron chi connectivity index (χ3n) is 2.55. The Labute approximate surface area is 110 Å². The number of nitriles is 1. The third kappa shape index (κ3) is 2.36. The van der Waals surface area contributed by atoms with Gasteiger partial charge in [0.05, 0.1) is 31.7 Å². The lowest BCUT2D eigenvalue weighted by atomic mass is 10.2. The highest BCUT2D eigenvalue weighted by Gasteiger charge is 2.13. The fraction of sp³-hybridized carbons (Fsp3) is 0.308. The number of aromatic nitrogens is 2. The van der Waals surface area contributed by atoms with Gasteiger partial charge in [-0.2, -0.15) is 10.2 Å². The van der Waals surface area contributed by atoms with Crippen LogP contribution in [0.4, 0.5) is 0 Å². The minimum absolute atomic E-state index is 0.0585. The number of rotatable bonds is 4. The number of methoxy groups -OCH3 is 2. The van der Waals surface area contributed by atoms with Crippen LogP contribution in [0.2, 0.25) is 0 Å². The van der Waals surface area contributed by atoms with Gasteiger partial charge in [0.1, 0.15) is 6.07 Å². The van der Waals surface area contributed by atoms with Crippen LogP contribution in [0.1, 0.15) is 12.7 Å². The molecule has 0 aliphatic rings. The molecule has 1 aromatic carbocycles. The van der Waals surface area contributed by atoms with Gasteiger partial charge in [-0.25, -0.2) is 4.98 Å². The Balaban J connectivity index is 2.74. The largest absolute Gasteiger partial charge is 0.493 e. The molecular weight excluding hydrogens is 246 g/mol. The average molecular weight is 259 g/mol. The van der Waals surface area contributed by atoms with Gasteiger partial charge in [-0.05, 0) is 13.0 Å². The molecule has 0 unspecified atom stereocenters. The lowest BCUT2D eigenvalue weighted by molar-refractivity contribution is 0.329. The molecule has 0 aliphatic heterocycles. The van der Waals surface area contributed by atoms with Crippen LogP contribution in [0.5, 0.6) is 17.4 Å². The zero-order chi connectivity index (χ0) is 13.8. The Morgan fingerprint density at radius 3 is 2.42 bits per heavy atom. The van der Waals surface area contributed by atoms with Gasteiger partial charge >= 0.3 is 0 Å². The van der Waals surface area contributed by atoms with Crippen molar-refractivity contribution in [2.45, 2.75) is 6.92 Å². The fourth-order valence-corrected chi connectivity index (χ4v) is 1.72. The van der Waals surface area contributed by atoms with E-state index in [4.69, 9.17) is 19.5 Å². The molecule has 19 heavy (non-hydrogen) atoms. The van der Waals surface area contributed by atoms with Crippen LogP contribution in [0.15, 0.2) is 12.1 Å². The Morgan fingerprint density at radius 2 is 1.84 bits per heavy atom. The smallest absolute Gasteiger partial charge is 0.236 e. The molecule has 2 aromatic rings. The maximum Gasteiger partial charge on any atom is 0.236 e. The summed E-state index contributed by atoms with van der Waals surface area (Å²) in [7, 11) is 3.09. The highest BCUT2D eigenvalue weighted by atomic mass is 16.5. The van der Waals surface area contributed by atoms with E-state index >= 15 is 0 Å². The van der Waals surface area contributed by atoms with Crippen molar-refractivity contribution in [1.29, 1.82) is 5.26 Å². The van der Waals surface area contributed by atoms with Gasteiger partial charge in [0.25, 0.3) is 0 Å². The molecule has 0 saturated carbocycles. The molecule has 6 heteroatoms. The standard InChI is InChI=1S/C13H13N3O3/c1-4-19-13-8-5-10(17-2)11(18-3)6-9(8)15-12(7-14)16-13/h5-6H,4H2,1-3H3. The molecule has 0 saturated heterocycles. The summed E-state index contributed by atoms with van der Waals surface area (Å²) in [6.45, 7) is 2.30. The van der Waals surface area contributed by atoms with Gasteiger partial charge in [-0.3, -0.25) is 0 Å². The molecular formula is C13H13N3O3. The molecule has 0 atom stereocenters. The minimum Gasteiger partial charge on any atom is -0.493 e. The fourth-order valence-electron chi connectivity index (χ4n) is 1.72. The third-order valence-corrected chi connectivity index (χ3v) is 2.55. The summed E-state index contributed by atoms with van der Waals surface area (Å²) in [4.78, 5) is 8.18. The highest BCUT2D eigenvalue weighted by Crippen LogP contribution is 2.34. The minimum atomic E-state index is 0.0585. The van der Waals surface area contributed by atoms with Crippen LogP contribution in [-0.4, -0.2) is 30.8 Å². The van der Waals surface area contributed by atoms with Crippen LogP contribution in [0.3, 0.4) is 0 Å². The molecule has 0 fully saturated rings. The molecule has 1 aromatic heterocycles. The van der Waals surface area contributed by atoms with E-state index in [0.29, 0.717) is 34.9 Å². The maximum atomic E-state index is 8.93. The molecule has 6 nitrogen and oxygen atoms in total. The van der Waals surface area contributed by atoms with E-state index in [2.05, 4.69) is 9.97 Å². The van der Waals surface area contributed by atoms with Crippen molar-refractivity contribution in [2.75, 3.05) is 20.8 Å². The van der Waals surface area contributed by atoms with Crippen molar-refractivity contribution < 1.29 is 14.2 Å². The molecule has 0 spiro atoms. The van der Waals surface area contributed by atoms with Gasteiger partial charge in [0, 0.05) is 6.07 Å². The van der Waals surface area contributed by atoms with E-state index in [1.807, 2.05) is 13.0 Å². The van der Waals surface area contributed by atoms with Crippen LogP contribution >= 0.6 is 0 Å². The second-order valence-electron chi connectivity index (χ2n) is 3.62. The Morgan fingerprint density at radius 1 is 1.16 bits per heavy atom. The number of hydrogen-bond donors (Lipinski definition) is 0. The Kier molecular flexibility index (Phi) is 3.66. The van der Waals surface area contributed by atoms with Crippen molar-refractivity contribution in [3.63, 3.8) is 0 Å². The predicted octanol–water partition coefficient (Wildman–Crippen LogP) is 1.92. The molecule has 0 aliphatic carbocycles. The molecule has 0 N–H and O–H groups in total. The summed E-state index contributed by atoms with van der Waals surface area (Å²) in [5, 5.41) is 9.61. The van der Waals surface area contributed by atoms with Gasteiger partial charge < -0.3 is 14.2 Å².